The zero-order valence-corrected chi connectivity index (χ0v) is 16.6. The molecule has 0 amide bonds. The Balaban J connectivity index is 2.12. The summed E-state index contributed by atoms with van der Waals surface area (Å²) in [5.41, 5.74) is 3.34. The van der Waals surface area contributed by atoms with E-state index in [1.165, 1.54) is 18.7 Å². The van der Waals surface area contributed by atoms with Crippen LogP contribution in [-0.2, 0) is 21.6 Å². The maximum Gasteiger partial charge on any atom is 0.330 e. The van der Waals surface area contributed by atoms with E-state index in [1.807, 2.05) is 18.2 Å². The van der Waals surface area contributed by atoms with Crippen molar-refractivity contribution in [2.75, 3.05) is 7.11 Å². The maximum atomic E-state index is 11.3. The fourth-order valence-electron chi connectivity index (χ4n) is 2.27. The van der Waals surface area contributed by atoms with Gasteiger partial charge in [-0.05, 0) is 40.8 Å². The van der Waals surface area contributed by atoms with Gasteiger partial charge in [0.25, 0.3) is 0 Å². The largest absolute Gasteiger partial charge is 0.488 e. The van der Waals surface area contributed by atoms with Gasteiger partial charge in [0.1, 0.15) is 12.4 Å². The topological polar surface area (TPSA) is 35.5 Å². The van der Waals surface area contributed by atoms with Crippen LogP contribution >= 0.6 is 15.9 Å². The van der Waals surface area contributed by atoms with E-state index in [1.54, 1.807) is 6.08 Å². The van der Waals surface area contributed by atoms with Crippen LogP contribution in [0.2, 0.25) is 0 Å². The average molecular weight is 403 g/mol. The van der Waals surface area contributed by atoms with Crippen LogP contribution in [-0.4, -0.2) is 13.1 Å². The van der Waals surface area contributed by atoms with Crippen LogP contribution < -0.4 is 4.74 Å². The second-order valence-electron chi connectivity index (χ2n) is 6.77. The summed E-state index contributed by atoms with van der Waals surface area (Å²) < 4.78 is 11.5. The molecule has 132 valence electrons. The van der Waals surface area contributed by atoms with Crippen molar-refractivity contribution < 1.29 is 14.3 Å². The Morgan fingerprint density at radius 2 is 1.80 bits per heavy atom. The molecule has 0 fully saturated rings. The van der Waals surface area contributed by atoms with Crippen molar-refractivity contribution in [1.82, 2.24) is 0 Å². The van der Waals surface area contributed by atoms with Gasteiger partial charge in [0.2, 0.25) is 0 Å². The summed E-state index contributed by atoms with van der Waals surface area (Å²) in [5.74, 6) is 0.312. The van der Waals surface area contributed by atoms with Gasteiger partial charge in [-0.25, -0.2) is 4.79 Å². The Hall–Kier alpha value is -2.07. The van der Waals surface area contributed by atoms with Gasteiger partial charge >= 0.3 is 5.97 Å². The third kappa shape index (κ3) is 5.75. The quantitative estimate of drug-likeness (QED) is 0.488. The lowest BCUT2D eigenvalue weighted by Crippen LogP contribution is -2.10. The SMILES string of the molecule is COC(=O)/C=C/c1cc(Br)ccc1OCc1ccc(C(C)(C)C)cc1. The summed E-state index contributed by atoms with van der Waals surface area (Å²) in [6.07, 6.45) is 3.07. The van der Waals surface area contributed by atoms with Crippen molar-refractivity contribution in [1.29, 1.82) is 0 Å². The molecular weight excluding hydrogens is 380 g/mol. The molecule has 0 aliphatic heterocycles. The normalized spacial score (nSPS) is 11.6. The van der Waals surface area contributed by atoms with E-state index in [2.05, 4.69) is 65.7 Å². The number of carbonyl (C=O) groups is 1. The summed E-state index contributed by atoms with van der Waals surface area (Å²) in [6, 6.07) is 14.1. The summed E-state index contributed by atoms with van der Waals surface area (Å²) in [7, 11) is 1.35. The van der Waals surface area contributed by atoms with Crippen molar-refractivity contribution in [3.63, 3.8) is 0 Å². The Kier molecular flexibility index (Phi) is 6.43. The number of methoxy groups -OCH3 is 1. The van der Waals surface area contributed by atoms with Gasteiger partial charge in [-0.2, -0.15) is 0 Å². The van der Waals surface area contributed by atoms with Gasteiger partial charge < -0.3 is 9.47 Å². The molecule has 2 aromatic carbocycles. The number of hydrogen-bond acceptors (Lipinski definition) is 3. The lowest BCUT2D eigenvalue weighted by atomic mass is 9.87. The smallest absolute Gasteiger partial charge is 0.330 e. The maximum absolute atomic E-state index is 11.3. The molecular formula is C21H23BrO3. The fraction of sp³-hybridized carbons (Fsp3) is 0.286. The lowest BCUT2D eigenvalue weighted by molar-refractivity contribution is -0.134. The molecule has 0 saturated heterocycles. The molecule has 0 aliphatic carbocycles. The van der Waals surface area contributed by atoms with Gasteiger partial charge in [-0.15, -0.1) is 0 Å². The summed E-state index contributed by atoms with van der Waals surface area (Å²) >= 11 is 3.44. The van der Waals surface area contributed by atoms with Gasteiger partial charge in [0.05, 0.1) is 7.11 Å². The van der Waals surface area contributed by atoms with Gasteiger partial charge in [0, 0.05) is 16.1 Å². The molecule has 0 heterocycles. The molecule has 0 N–H and O–H groups in total. The van der Waals surface area contributed by atoms with E-state index in [-0.39, 0.29) is 5.41 Å². The molecule has 2 rings (SSSR count). The van der Waals surface area contributed by atoms with E-state index in [4.69, 9.17) is 4.74 Å². The second-order valence-corrected chi connectivity index (χ2v) is 7.69. The Morgan fingerprint density at radius 1 is 1.12 bits per heavy atom. The zero-order chi connectivity index (χ0) is 18.4. The van der Waals surface area contributed by atoms with Crippen molar-refractivity contribution in [2.24, 2.45) is 0 Å². The highest BCUT2D eigenvalue weighted by molar-refractivity contribution is 9.10. The second kappa shape index (κ2) is 8.34. The van der Waals surface area contributed by atoms with Gasteiger partial charge in [-0.1, -0.05) is 61.0 Å². The highest BCUT2D eigenvalue weighted by Gasteiger charge is 2.13. The predicted molar refractivity (Wildman–Crippen MR) is 105 cm³/mol. The Morgan fingerprint density at radius 3 is 2.40 bits per heavy atom. The number of ether oxygens (including phenoxy) is 2. The number of halogens is 1. The molecule has 0 aromatic heterocycles. The Labute approximate surface area is 157 Å². The fourth-order valence-corrected chi connectivity index (χ4v) is 2.65. The number of hydrogen-bond donors (Lipinski definition) is 0. The van der Waals surface area contributed by atoms with Crippen LogP contribution in [0.3, 0.4) is 0 Å². The van der Waals surface area contributed by atoms with Crippen LogP contribution in [0.25, 0.3) is 6.08 Å². The van der Waals surface area contributed by atoms with E-state index in [0.717, 1.165) is 15.6 Å². The molecule has 0 saturated carbocycles. The first-order valence-corrected chi connectivity index (χ1v) is 8.86. The van der Waals surface area contributed by atoms with Crippen LogP contribution in [0.4, 0.5) is 0 Å². The first-order valence-electron chi connectivity index (χ1n) is 8.07. The number of esters is 1. The summed E-state index contributed by atoms with van der Waals surface area (Å²) in [6.45, 7) is 7.05. The summed E-state index contributed by atoms with van der Waals surface area (Å²) in [5, 5.41) is 0. The summed E-state index contributed by atoms with van der Waals surface area (Å²) in [4.78, 5) is 11.3. The minimum atomic E-state index is -0.399. The predicted octanol–water partition coefficient (Wildman–Crippen LogP) is 5.51. The van der Waals surface area contributed by atoms with E-state index in [0.29, 0.717) is 12.4 Å². The number of rotatable bonds is 5. The van der Waals surface area contributed by atoms with Gasteiger partial charge in [-0.3, -0.25) is 0 Å². The van der Waals surface area contributed by atoms with Crippen molar-refractivity contribution in [2.45, 2.75) is 32.8 Å². The third-order valence-corrected chi connectivity index (χ3v) is 4.28. The van der Waals surface area contributed by atoms with Crippen LogP contribution in [0.5, 0.6) is 5.75 Å². The highest BCUT2D eigenvalue weighted by atomic mass is 79.9. The van der Waals surface area contributed by atoms with Crippen LogP contribution in [0, 0.1) is 0 Å². The van der Waals surface area contributed by atoms with E-state index < -0.39 is 5.97 Å². The first-order chi connectivity index (χ1) is 11.8. The highest BCUT2D eigenvalue weighted by Crippen LogP contribution is 2.26. The monoisotopic (exact) mass is 402 g/mol. The first kappa shape index (κ1) is 19.3. The lowest BCUT2D eigenvalue weighted by Gasteiger charge is -2.19. The van der Waals surface area contributed by atoms with Crippen molar-refractivity contribution in [3.05, 3.63) is 69.7 Å². The molecule has 3 nitrogen and oxygen atoms in total. The standard InChI is InChI=1S/C21H23BrO3/c1-21(2,3)17-8-5-15(6-9-17)14-25-19-11-10-18(22)13-16(19)7-12-20(23)24-4/h5-13H,14H2,1-4H3/b12-7+. The molecule has 0 atom stereocenters. The van der Waals surface area contributed by atoms with Gasteiger partial charge in [0.15, 0.2) is 0 Å². The minimum absolute atomic E-state index is 0.136. The van der Waals surface area contributed by atoms with E-state index in [9.17, 15) is 4.79 Å². The molecule has 2 aromatic rings. The molecule has 0 radical (unpaired) electrons. The Bertz CT molecular complexity index is 756. The molecule has 25 heavy (non-hydrogen) atoms. The van der Waals surface area contributed by atoms with E-state index >= 15 is 0 Å². The molecule has 4 heteroatoms. The van der Waals surface area contributed by atoms with Crippen molar-refractivity contribution >= 4 is 28.0 Å². The molecule has 0 aliphatic rings. The minimum Gasteiger partial charge on any atom is -0.488 e. The average Bonchev–Trinajstić information content (AvgIpc) is 2.58. The molecule has 0 bridgehead atoms. The number of carbonyl (C=O) groups excluding carboxylic acids is 1. The van der Waals surface area contributed by atoms with Crippen molar-refractivity contribution in [3.8, 4) is 5.75 Å². The van der Waals surface area contributed by atoms with Crippen LogP contribution in [0.1, 0.15) is 37.5 Å². The number of benzene rings is 2. The van der Waals surface area contributed by atoms with Crippen LogP contribution in [0.15, 0.2) is 53.0 Å². The third-order valence-electron chi connectivity index (χ3n) is 3.79. The molecule has 0 unspecified atom stereocenters. The molecule has 0 spiro atoms. The zero-order valence-electron chi connectivity index (χ0n) is 15.0.